The fourth-order valence-corrected chi connectivity index (χ4v) is 4.36. The number of para-hydroxylation sites is 1. The number of fused-ring (bicyclic) bond motifs is 2. The third-order valence-corrected chi connectivity index (χ3v) is 5.95. The number of aromatic nitrogens is 3. The van der Waals surface area contributed by atoms with E-state index in [0.29, 0.717) is 35.6 Å². The molecule has 29 heavy (non-hydrogen) atoms. The summed E-state index contributed by atoms with van der Waals surface area (Å²) in [5, 5.41) is 5.92. The van der Waals surface area contributed by atoms with Crippen LogP contribution in [0, 0.1) is 17.8 Å². The number of benzene rings is 1. The van der Waals surface area contributed by atoms with E-state index in [4.69, 9.17) is 0 Å². The number of hydrogen-bond acceptors (Lipinski definition) is 4. The molecule has 8 heteroatoms. The van der Waals surface area contributed by atoms with Crippen LogP contribution < -0.4 is 10.6 Å². The van der Waals surface area contributed by atoms with Crippen molar-refractivity contribution in [2.24, 2.45) is 17.8 Å². The number of piperidine rings is 1. The van der Waals surface area contributed by atoms with Crippen molar-refractivity contribution in [3.05, 3.63) is 60.7 Å². The number of carbonyl (C=O) groups excluding carboxylic acids is 2. The summed E-state index contributed by atoms with van der Waals surface area (Å²) < 4.78 is 1.73. The molecule has 0 unspecified atom stereocenters. The molecule has 5 rings (SSSR count). The molecule has 0 bridgehead atoms. The summed E-state index contributed by atoms with van der Waals surface area (Å²) in [6.45, 7) is 2.22. The maximum Gasteiger partial charge on any atom is 0.321 e. The second-order valence-electron chi connectivity index (χ2n) is 7.71. The number of anilines is 1. The fourth-order valence-electron chi connectivity index (χ4n) is 4.36. The Labute approximate surface area is 168 Å². The van der Waals surface area contributed by atoms with Gasteiger partial charge in [-0.25, -0.2) is 14.8 Å². The minimum Gasteiger partial charge on any atom is -0.352 e. The van der Waals surface area contributed by atoms with E-state index in [1.165, 1.54) is 0 Å². The van der Waals surface area contributed by atoms with Crippen molar-refractivity contribution in [2.45, 2.75) is 6.42 Å². The van der Waals surface area contributed by atoms with Gasteiger partial charge in [-0.1, -0.05) is 18.2 Å². The predicted molar refractivity (Wildman–Crippen MR) is 107 cm³/mol. The van der Waals surface area contributed by atoms with Crippen molar-refractivity contribution >= 4 is 23.4 Å². The van der Waals surface area contributed by atoms with Crippen LogP contribution in [0.2, 0.25) is 0 Å². The molecule has 1 aliphatic heterocycles. The molecule has 2 aliphatic rings. The van der Waals surface area contributed by atoms with Crippen molar-refractivity contribution in [3.63, 3.8) is 0 Å². The molecule has 1 aromatic carbocycles. The molecule has 0 radical (unpaired) electrons. The van der Waals surface area contributed by atoms with Gasteiger partial charge in [0, 0.05) is 50.1 Å². The van der Waals surface area contributed by atoms with Gasteiger partial charge < -0.3 is 15.5 Å². The number of nitrogens with one attached hydrogen (secondary N) is 2. The Kier molecular flexibility index (Phi) is 4.38. The summed E-state index contributed by atoms with van der Waals surface area (Å²) in [4.78, 5) is 34.8. The summed E-state index contributed by atoms with van der Waals surface area (Å²) >= 11 is 0. The molecule has 148 valence electrons. The Balaban J connectivity index is 1.06. The predicted octanol–water partition coefficient (Wildman–Crippen LogP) is 2.26. The molecule has 2 N–H and O–H groups in total. The second kappa shape index (κ2) is 7.20. The van der Waals surface area contributed by atoms with Gasteiger partial charge in [0.05, 0.1) is 5.56 Å². The van der Waals surface area contributed by atoms with Crippen molar-refractivity contribution in [3.8, 4) is 0 Å². The Morgan fingerprint density at radius 2 is 1.90 bits per heavy atom. The van der Waals surface area contributed by atoms with Gasteiger partial charge in [-0.3, -0.25) is 9.20 Å². The van der Waals surface area contributed by atoms with Gasteiger partial charge in [-0.05, 0) is 36.3 Å². The van der Waals surface area contributed by atoms with E-state index in [1.54, 1.807) is 29.2 Å². The molecular weight excluding hydrogens is 368 g/mol. The van der Waals surface area contributed by atoms with Crippen LogP contribution in [0.4, 0.5) is 10.5 Å². The number of urea groups is 1. The Morgan fingerprint density at radius 1 is 1.10 bits per heavy atom. The number of nitrogens with zero attached hydrogens (tertiary/aromatic N) is 4. The molecule has 8 nitrogen and oxygen atoms in total. The lowest BCUT2D eigenvalue weighted by molar-refractivity contribution is 0.0951. The summed E-state index contributed by atoms with van der Waals surface area (Å²) in [5.74, 6) is 2.15. The molecular formula is C21H22N6O2. The molecule has 2 aromatic heterocycles. The number of likely N-dealkylation sites (tertiary alicyclic amines) is 1. The van der Waals surface area contributed by atoms with Crippen LogP contribution in [0.25, 0.3) is 5.78 Å². The first-order chi connectivity index (χ1) is 14.2. The highest BCUT2D eigenvalue weighted by Crippen LogP contribution is 2.53. The Bertz CT molecular complexity index is 1040. The van der Waals surface area contributed by atoms with Gasteiger partial charge in [0.15, 0.2) is 0 Å². The van der Waals surface area contributed by atoms with E-state index >= 15 is 0 Å². The summed E-state index contributed by atoms with van der Waals surface area (Å²) in [6.07, 6.45) is 7.64. The van der Waals surface area contributed by atoms with Crippen LogP contribution >= 0.6 is 0 Å². The summed E-state index contributed by atoms with van der Waals surface area (Å²) in [6, 6.07) is 9.49. The highest BCUT2D eigenvalue weighted by atomic mass is 16.2. The molecule has 3 amide bonds. The van der Waals surface area contributed by atoms with Gasteiger partial charge in [0.25, 0.3) is 5.91 Å². The molecule has 1 aliphatic carbocycles. The van der Waals surface area contributed by atoms with Gasteiger partial charge >= 0.3 is 6.03 Å². The van der Waals surface area contributed by atoms with E-state index in [-0.39, 0.29) is 11.9 Å². The quantitative estimate of drug-likeness (QED) is 0.699. The Hall–Kier alpha value is -3.42. The molecule has 3 atom stereocenters. The molecule has 3 heterocycles. The van der Waals surface area contributed by atoms with Gasteiger partial charge in [-0.2, -0.15) is 0 Å². The van der Waals surface area contributed by atoms with Crippen molar-refractivity contribution in [1.82, 2.24) is 24.6 Å². The first-order valence-electron chi connectivity index (χ1n) is 9.87. The minimum atomic E-state index is -0.122. The second-order valence-corrected chi connectivity index (χ2v) is 7.71. The van der Waals surface area contributed by atoms with Gasteiger partial charge in [0.1, 0.15) is 0 Å². The Morgan fingerprint density at radius 3 is 2.69 bits per heavy atom. The monoisotopic (exact) mass is 390 g/mol. The van der Waals surface area contributed by atoms with E-state index < -0.39 is 0 Å². The summed E-state index contributed by atoms with van der Waals surface area (Å²) in [7, 11) is 0. The highest BCUT2D eigenvalue weighted by molar-refractivity contribution is 5.93. The van der Waals surface area contributed by atoms with E-state index in [9.17, 15) is 9.59 Å². The van der Waals surface area contributed by atoms with E-state index in [2.05, 4.69) is 20.6 Å². The zero-order valence-electron chi connectivity index (χ0n) is 15.9. The average Bonchev–Trinajstić information content (AvgIpc) is 3.11. The first-order valence-corrected chi connectivity index (χ1v) is 9.87. The van der Waals surface area contributed by atoms with Crippen LogP contribution in [0.3, 0.4) is 0 Å². The van der Waals surface area contributed by atoms with E-state index in [0.717, 1.165) is 25.2 Å². The molecule has 0 spiro atoms. The van der Waals surface area contributed by atoms with E-state index in [1.807, 2.05) is 35.2 Å². The largest absolute Gasteiger partial charge is 0.352 e. The summed E-state index contributed by atoms with van der Waals surface area (Å²) in [5.41, 5.74) is 1.34. The van der Waals surface area contributed by atoms with Crippen LogP contribution in [0.5, 0.6) is 0 Å². The van der Waals surface area contributed by atoms with Crippen molar-refractivity contribution in [2.75, 3.05) is 25.0 Å². The van der Waals surface area contributed by atoms with Gasteiger partial charge in [-0.15, -0.1) is 0 Å². The molecule has 1 saturated heterocycles. The minimum absolute atomic E-state index is 0.0298. The normalized spacial score (nSPS) is 22.3. The average molecular weight is 390 g/mol. The number of imidazole rings is 1. The zero-order chi connectivity index (χ0) is 19.8. The lowest BCUT2D eigenvalue weighted by atomic mass is 10.2. The van der Waals surface area contributed by atoms with Crippen molar-refractivity contribution in [1.29, 1.82) is 0 Å². The number of carbonyl (C=O) groups is 2. The molecule has 3 aromatic rings. The number of hydrogen-bond donors (Lipinski definition) is 2. The maximum atomic E-state index is 12.4. The smallest absolute Gasteiger partial charge is 0.321 e. The van der Waals surface area contributed by atoms with Crippen LogP contribution in [-0.4, -0.2) is 50.8 Å². The van der Waals surface area contributed by atoms with Crippen molar-refractivity contribution < 1.29 is 9.59 Å². The topological polar surface area (TPSA) is 91.6 Å². The highest BCUT2D eigenvalue weighted by Gasteiger charge is 2.55. The first kappa shape index (κ1) is 17.7. The van der Waals surface area contributed by atoms with Crippen LogP contribution in [0.1, 0.15) is 16.8 Å². The number of rotatable bonds is 5. The maximum absolute atomic E-state index is 12.4. The van der Waals surface area contributed by atoms with Crippen LogP contribution in [0.15, 0.2) is 55.1 Å². The van der Waals surface area contributed by atoms with Gasteiger partial charge in [0.2, 0.25) is 5.78 Å². The third-order valence-electron chi connectivity index (χ3n) is 5.95. The third kappa shape index (κ3) is 3.53. The SMILES string of the molecule is O=C(NCC[C@@H]1[C@H]2CN(C(=O)Nc3ccccc3)C[C@@H]12)c1cnc2nccn2c1. The lowest BCUT2D eigenvalue weighted by Gasteiger charge is -2.20. The molecule has 1 saturated carbocycles. The van der Waals surface area contributed by atoms with Crippen LogP contribution in [-0.2, 0) is 0 Å². The standard InChI is InChI=1S/C21H22N6O2/c28-19(14-10-24-20-23-8-9-26(20)11-14)22-7-6-16-17-12-27(13-18(16)17)21(29)25-15-4-2-1-3-5-15/h1-5,8-11,16-18H,6-7,12-13H2,(H,22,28)(H,25,29)/t16-,17-,18+. The molecule has 2 fully saturated rings. The number of amides is 3. The lowest BCUT2D eigenvalue weighted by Crippen LogP contribution is -2.35. The fraction of sp³-hybridized carbons (Fsp3) is 0.333. The zero-order valence-corrected chi connectivity index (χ0v) is 15.9.